The standard InChI is InChI=1S/C18H20N4O2S2/c1-13-11-16-17(19-12-20-18(16)25-13)22-9-7-14(8-10-22)21-26(23,24)15-5-3-2-4-6-15/h2-6,11-12,14,21H,7-10H2,1H3. The van der Waals surface area contributed by atoms with Crippen LogP contribution < -0.4 is 9.62 Å². The maximum absolute atomic E-state index is 12.5. The van der Waals surface area contributed by atoms with Gasteiger partial charge in [0.05, 0.1) is 10.3 Å². The molecule has 0 bridgehead atoms. The summed E-state index contributed by atoms with van der Waals surface area (Å²) in [6, 6.07) is 10.6. The van der Waals surface area contributed by atoms with Crippen LogP contribution in [-0.2, 0) is 10.0 Å². The lowest BCUT2D eigenvalue weighted by Gasteiger charge is -2.33. The Hall–Kier alpha value is -2.03. The van der Waals surface area contributed by atoms with Crippen LogP contribution in [-0.4, -0.2) is 37.5 Å². The second kappa shape index (κ2) is 6.94. The maximum Gasteiger partial charge on any atom is 0.240 e. The summed E-state index contributed by atoms with van der Waals surface area (Å²) < 4.78 is 27.8. The summed E-state index contributed by atoms with van der Waals surface area (Å²) in [5.74, 6) is 0.948. The van der Waals surface area contributed by atoms with Gasteiger partial charge in [-0.25, -0.2) is 23.1 Å². The van der Waals surface area contributed by atoms with E-state index in [4.69, 9.17) is 0 Å². The monoisotopic (exact) mass is 388 g/mol. The molecule has 0 unspecified atom stereocenters. The first-order valence-corrected chi connectivity index (χ1v) is 10.9. The molecule has 2 aromatic heterocycles. The van der Waals surface area contributed by atoms with Crippen molar-refractivity contribution in [3.05, 3.63) is 47.6 Å². The summed E-state index contributed by atoms with van der Waals surface area (Å²) in [5.41, 5.74) is 0. The topological polar surface area (TPSA) is 75.2 Å². The van der Waals surface area contributed by atoms with E-state index < -0.39 is 10.0 Å². The Bertz CT molecular complexity index is 1010. The number of hydrogen-bond acceptors (Lipinski definition) is 6. The quantitative estimate of drug-likeness (QED) is 0.744. The van der Waals surface area contributed by atoms with Gasteiger partial charge in [0.1, 0.15) is 17.0 Å². The average molecular weight is 389 g/mol. The number of anilines is 1. The Morgan fingerprint density at radius 2 is 1.88 bits per heavy atom. The van der Waals surface area contributed by atoms with E-state index in [1.165, 1.54) is 4.88 Å². The molecule has 3 aromatic rings. The fourth-order valence-corrected chi connectivity index (χ4v) is 5.48. The lowest BCUT2D eigenvalue weighted by atomic mass is 10.1. The highest BCUT2D eigenvalue weighted by Gasteiger charge is 2.26. The molecule has 8 heteroatoms. The number of nitrogens with zero attached hydrogens (tertiary/aromatic N) is 3. The van der Waals surface area contributed by atoms with E-state index >= 15 is 0 Å². The fraction of sp³-hybridized carbons (Fsp3) is 0.333. The minimum absolute atomic E-state index is 0.0574. The van der Waals surface area contributed by atoms with Crippen molar-refractivity contribution in [3.8, 4) is 0 Å². The van der Waals surface area contributed by atoms with E-state index in [0.717, 1.165) is 42.0 Å². The third kappa shape index (κ3) is 3.44. The molecule has 3 heterocycles. The number of fused-ring (bicyclic) bond motifs is 1. The van der Waals surface area contributed by atoms with Crippen molar-refractivity contribution in [1.82, 2.24) is 14.7 Å². The number of piperidine rings is 1. The molecule has 0 aliphatic carbocycles. The van der Waals surface area contributed by atoms with Crippen LogP contribution in [0.3, 0.4) is 0 Å². The van der Waals surface area contributed by atoms with Crippen LogP contribution in [0.5, 0.6) is 0 Å². The van der Waals surface area contributed by atoms with Crippen LogP contribution in [0.25, 0.3) is 10.2 Å². The molecule has 1 saturated heterocycles. The highest BCUT2D eigenvalue weighted by molar-refractivity contribution is 7.89. The van der Waals surface area contributed by atoms with Crippen molar-refractivity contribution in [2.45, 2.75) is 30.7 Å². The minimum atomic E-state index is -3.47. The van der Waals surface area contributed by atoms with E-state index in [-0.39, 0.29) is 6.04 Å². The van der Waals surface area contributed by atoms with E-state index in [0.29, 0.717) is 4.90 Å². The summed E-state index contributed by atoms with van der Waals surface area (Å²) >= 11 is 1.67. The average Bonchev–Trinajstić information content (AvgIpc) is 3.03. The number of hydrogen-bond donors (Lipinski definition) is 1. The first kappa shape index (κ1) is 17.4. The van der Waals surface area contributed by atoms with Crippen LogP contribution in [0, 0.1) is 6.92 Å². The molecule has 0 atom stereocenters. The highest BCUT2D eigenvalue weighted by atomic mass is 32.2. The molecule has 26 heavy (non-hydrogen) atoms. The molecule has 0 amide bonds. The number of aryl methyl sites for hydroxylation is 1. The van der Waals surface area contributed by atoms with Crippen molar-refractivity contribution >= 4 is 37.4 Å². The van der Waals surface area contributed by atoms with Crippen LogP contribution >= 0.6 is 11.3 Å². The van der Waals surface area contributed by atoms with Crippen LogP contribution in [0.1, 0.15) is 17.7 Å². The predicted octanol–water partition coefficient (Wildman–Crippen LogP) is 2.95. The zero-order valence-corrected chi connectivity index (χ0v) is 16.1. The Balaban J connectivity index is 1.46. The van der Waals surface area contributed by atoms with Crippen LogP contribution in [0.4, 0.5) is 5.82 Å². The first-order chi connectivity index (χ1) is 12.5. The molecule has 1 aliphatic heterocycles. The van der Waals surface area contributed by atoms with Gasteiger partial charge >= 0.3 is 0 Å². The molecule has 1 N–H and O–H groups in total. The highest BCUT2D eigenvalue weighted by Crippen LogP contribution is 2.31. The molecule has 136 valence electrons. The second-order valence-electron chi connectivity index (χ2n) is 6.47. The minimum Gasteiger partial charge on any atom is -0.356 e. The largest absolute Gasteiger partial charge is 0.356 e. The molecule has 0 spiro atoms. The SMILES string of the molecule is Cc1cc2c(N3CCC(NS(=O)(=O)c4ccccc4)CC3)ncnc2s1. The zero-order chi connectivity index (χ0) is 18.1. The Kier molecular flexibility index (Phi) is 4.64. The number of thiophene rings is 1. The zero-order valence-electron chi connectivity index (χ0n) is 14.4. The number of nitrogens with one attached hydrogen (secondary N) is 1. The van der Waals surface area contributed by atoms with Gasteiger partial charge in [0.2, 0.25) is 10.0 Å². The van der Waals surface area contributed by atoms with Gasteiger partial charge in [-0.3, -0.25) is 0 Å². The summed E-state index contributed by atoms with van der Waals surface area (Å²) in [6.07, 6.45) is 3.11. The maximum atomic E-state index is 12.5. The van der Waals surface area contributed by atoms with E-state index in [1.807, 2.05) is 6.07 Å². The van der Waals surface area contributed by atoms with Crippen LogP contribution in [0.2, 0.25) is 0 Å². The number of rotatable bonds is 4. The second-order valence-corrected chi connectivity index (χ2v) is 9.42. The molecular weight excluding hydrogens is 368 g/mol. The summed E-state index contributed by atoms with van der Waals surface area (Å²) in [4.78, 5) is 13.6. The Morgan fingerprint density at radius 1 is 1.15 bits per heavy atom. The van der Waals surface area contributed by atoms with Crippen molar-refractivity contribution < 1.29 is 8.42 Å². The predicted molar refractivity (Wildman–Crippen MR) is 104 cm³/mol. The molecule has 4 rings (SSSR count). The number of sulfonamides is 1. The molecule has 1 fully saturated rings. The molecule has 1 aliphatic rings. The fourth-order valence-electron chi connectivity index (χ4n) is 3.31. The molecule has 1 aromatic carbocycles. The van der Waals surface area contributed by atoms with Gasteiger partial charge in [0.15, 0.2) is 0 Å². The third-order valence-electron chi connectivity index (χ3n) is 4.60. The smallest absolute Gasteiger partial charge is 0.240 e. The summed E-state index contributed by atoms with van der Waals surface area (Å²) in [6.45, 7) is 3.60. The van der Waals surface area contributed by atoms with Gasteiger partial charge in [-0.1, -0.05) is 18.2 Å². The summed E-state index contributed by atoms with van der Waals surface area (Å²) in [5, 5.41) is 1.08. The first-order valence-electron chi connectivity index (χ1n) is 8.56. The van der Waals surface area contributed by atoms with Gasteiger partial charge in [-0.15, -0.1) is 11.3 Å². The lowest BCUT2D eigenvalue weighted by Crippen LogP contribution is -2.44. The van der Waals surface area contributed by atoms with E-state index in [9.17, 15) is 8.42 Å². The number of aromatic nitrogens is 2. The van der Waals surface area contributed by atoms with Crippen molar-refractivity contribution in [2.24, 2.45) is 0 Å². The van der Waals surface area contributed by atoms with E-state index in [1.54, 1.807) is 41.9 Å². The normalized spacial score (nSPS) is 16.3. The Labute approximate surface area is 157 Å². The van der Waals surface area contributed by atoms with Gasteiger partial charge in [-0.05, 0) is 38.0 Å². The molecular formula is C18H20N4O2S2. The molecule has 0 radical (unpaired) electrons. The third-order valence-corrected chi connectivity index (χ3v) is 7.10. The molecule has 6 nitrogen and oxygen atoms in total. The van der Waals surface area contributed by atoms with Gasteiger partial charge in [0.25, 0.3) is 0 Å². The van der Waals surface area contributed by atoms with Gasteiger partial charge in [-0.2, -0.15) is 0 Å². The lowest BCUT2D eigenvalue weighted by molar-refractivity contribution is 0.459. The Morgan fingerprint density at radius 3 is 2.62 bits per heavy atom. The van der Waals surface area contributed by atoms with Gasteiger partial charge in [0, 0.05) is 24.0 Å². The molecule has 0 saturated carbocycles. The number of benzene rings is 1. The van der Waals surface area contributed by atoms with Crippen molar-refractivity contribution in [1.29, 1.82) is 0 Å². The van der Waals surface area contributed by atoms with Crippen LogP contribution in [0.15, 0.2) is 47.6 Å². The van der Waals surface area contributed by atoms with E-state index in [2.05, 4.69) is 32.6 Å². The van der Waals surface area contributed by atoms with Crippen molar-refractivity contribution in [3.63, 3.8) is 0 Å². The van der Waals surface area contributed by atoms with Gasteiger partial charge < -0.3 is 4.90 Å². The van der Waals surface area contributed by atoms with Crippen molar-refractivity contribution in [2.75, 3.05) is 18.0 Å². The summed E-state index contributed by atoms with van der Waals surface area (Å²) in [7, 11) is -3.47.